The van der Waals surface area contributed by atoms with Crippen LogP contribution in [0.4, 0.5) is 14.5 Å². The number of piperazine rings is 1. The van der Waals surface area contributed by atoms with Gasteiger partial charge in [0.1, 0.15) is 11.6 Å². The number of carbonyl (C=O) groups is 1. The van der Waals surface area contributed by atoms with Crippen molar-refractivity contribution >= 4 is 30.0 Å². The third-order valence-electron chi connectivity index (χ3n) is 5.48. The molecule has 0 N–H and O–H groups in total. The number of Topliss-reactive ketones (excluding diaryl/α,β-unsaturated/α-hetero) is 1. The lowest BCUT2D eigenvalue weighted by atomic mass is 9.85. The van der Waals surface area contributed by atoms with Crippen LogP contribution in [0.5, 0.6) is 0 Å². The first kappa shape index (κ1) is 20.5. The number of hydrogen-bond acceptors (Lipinski definition) is 3. The number of hydrogen-bond donors (Lipinski definition) is 0. The van der Waals surface area contributed by atoms with Crippen molar-refractivity contribution in [3.05, 3.63) is 70.3 Å². The van der Waals surface area contributed by atoms with E-state index in [4.69, 9.17) is 0 Å². The van der Waals surface area contributed by atoms with Gasteiger partial charge >= 0.3 is 0 Å². The molecule has 148 valence electrons. The number of anilines is 1. The monoisotopic (exact) mass is 404 g/mol. The maximum absolute atomic E-state index is 13.9. The van der Waals surface area contributed by atoms with E-state index < -0.39 is 11.6 Å². The average Bonchev–Trinajstić information content (AvgIpc) is 2.67. The van der Waals surface area contributed by atoms with Crippen molar-refractivity contribution in [2.45, 2.75) is 12.8 Å². The lowest BCUT2D eigenvalue weighted by molar-refractivity contribution is 0.102. The first-order valence-electron chi connectivity index (χ1n) is 9.28. The van der Waals surface area contributed by atoms with Crippen molar-refractivity contribution in [1.29, 1.82) is 0 Å². The Labute approximate surface area is 170 Å². The van der Waals surface area contributed by atoms with Crippen LogP contribution in [0, 0.1) is 11.6 Å². The topological polar surface area (TPSA) is 23.6 Å². The van der Waals surface area contributed by atoms with Crippen molar-refractivity contribution in [3.63, 3.8) is 0 Å². The smallest absolute Gasteiger partial charge is 0.189 e. The van der Waals surface area contributed by atoms with E-state index in [2.05, 4.69) is 22.9 Å². The summed E-state index contributed by atoms with van der Waals surface area (Å²) in [7, 11) is 2.12. The minimum absolute atomic E-state index is 0. The SMILES string of the molecule is CN1CCN(c2ccc3c(c2)CC/C(=C\c2c(F)cccc2F)C3=O)CC1.Cl. The number of allylic oxidation sites excluding steroid dienone is 1. The van der Waals surface area contributed by atoms with Crippen LogP contribution in [0.2, 0.25) is 0 Å². The van der Waals surface area contributed by atoms with Gasteiger partial charge in [-0.05, 0) is 61.9 Å². The molecular formula is C22H23ClF2N2O. The summed E-state index contributed by atoms with van der Waals surface area (Å²) in [5.41, 5.74) is 3.11. The van der Waals surface area contributed by atoms with Crippen molar-refractivity contribution in [1.82, 2.24) is 4.90 Å². The van der Waals surface area contributed by atoms with E-state index >= 15 is 0 Å². The Morgan fingerprint density at radius 1 is 0.964 bits per heavy atom. The molecule has 2 aromatic carbocycles. The molecule has 4 rings (SSSR count). The molecule has 0 amide bonds. The number of fused-ring (bicyclic) bond motifs is 1. The molecule has 0 saturated carbocycles. The molecule has 0 radical (unpaired) electrons. The second-order valence-corrected chi connectivity index (χ2v) is 7.27. The summed E-state index contributed by atoms with van der Waals surface area (Å²) in [6, 6.07) is 9.67. The summed E-state index contributed by atoms with van der Waals surface area (Å²) in [5, 5.41) is 0. The number of halogens is 3. The largest absolute Gasteiger partial charge is 0.369 e. The van der Waals surface area contributed by atoms with Gasteiger partial charge in [-0.3, -0.25) is 4.79 Å². The van der Waals surface area contributed by atoms with Gasteiger partial charge in [0.05, 0.1) is 0 Å². The maximum Gasteiger partial charge on any atom is 0.189 e. The summed E-state index contributed by atoms with van der Waals surface area (Å²) < 4.78 is 27.8. The first-order chi connectivity index (χ1) is 13.0. The Morgan fingerprint density at radius 2 is 1.64 bits per heavy atom. The summed E-state index contributed by atoms with van der Waals surface area (Å²) in [6.07, 6.45) is 2.56. The molecule has 0 bridgehead atoms. The normalized spacial score (nSPS) is 18.8. The fourth-order valence-electron chi connectivity index (χ4n) is 3.79. The lowest BCUT2D eigenvalue weighted by Gasteiger charge is -2.34. The number of carbonyl (C=O) groups excluding carboxylic acids is 1. The molecule has 0 atom stereocenters. The summed E-state index contributed by atoms with van der Waals surface area (Å²) in [4.78, 5) is 17.5. The molecule has 1 aliphatic heterocycles. The summed E-state index contributed by atoms with van der Waals surface area (Å²) in [5.74, 6) is -1.43. The number of rotatable bonds is 2. The Morgan fingerprint density at radius 3 is 2.32 bits per heavy atom. The molecule has 1 fully saturated rings. The van der Waals surface area contributed by atoms with Crippen LogP contribution in [0.1, 0.15) is 27.9 Å². The number of nitrogens with zero attached hydrogens (tertiary/aromatic N) is 2. The average molecular weight is 405 g/mol. The predicted octanol–water partition coefficient (Wildman–Crippen LogP) is 4.35. The third-order valence-corrected chi connectivity index (χ3v) is 5.48. The third kappa shape index (κ3) is 3.96. The number of aryl methyl sites for hydroxylation is 1. The maximum atomic E-state index is 13.9. The van der Waals surface area contributed by atoms with Crippen LogP contribution in [-0.2, 0) is 6.42 Å². The number of likely N-dealkylation sites (N-methyl/N-ethyl adjacent to an activating group) is 1. The van der Waals surface area contributed by atoms with Crippen LogP contribution < -0.4 is 4.90 Å². The number of ketones is 1. The number of benzene rings is 2. The molecule has 3 nitrogen and oxygen atoms in total. The van der Waals surface area contributed by atoms with E-state index in [1.807, 2.05) is 12.1 Å². The highest BCUT2D eigenvalue weighted by Gasteiger charge is 2.24. The highest BCUT2D eigenvalue weighted by molar-refractivity contribution is 6.13. The zero-order valence-electron chi connectivity index (χ0n) is 15.8. The Kier molecular flexibility index (Phi) is 6.16. The minimum Gasteiger partial charge on any atom is -0.369 e. The fraction of sp³-hybridized carbons (Fsp3) is 0.318. The molecule has 0 unspecified atom stereocenters. The predicted molar refractivity (Wildman–Crippen MR) is 110 cm³/mol. The van der Waals surface area contributed by atoms with E-state index in [1.54, 1.807) is 0 Å². The highest BCUT2D eigenvalue weighted by Crippen LogP contribution is 2.31. The molecule has 1 heterocycles. The molecular weight excluding hydrogens is 382 g/mol. The second kappa shape index (κ2) is 8.41. The highest BCUT2D eigenvalue weighted by atomic mass is 35.5. The minimum atomic E-state index is -0.647. The Hall–Kier alpha value is -2.24. The van der Waals surface area contributed by atoms with Crippen molar-refractivity contribution in [3.8, 4) is 0 Å². The Bertz CT molecular complexity index is 900. The first-order valence-corrected chi connectivity index (χ1v) is 9.28. The van der Waals surface area contributed by atoms with Crippen LogP contribution >= 0.6 is 12.4 Å². The zero-order chi connectivity index (χ0) is 19.0. The molecule has 1 saturated heterocycles. The van der Waals surface area contributed by atoms with Crippen LogP contribution in [0.3, 0.4) is 0 Å². The van der Waals surface area contributed by atoms with Crippen LogP contribution in [0.15, 0.2) is 42.0 Å². The van der Waals surface area contributed by atoms with Crippen molar-refractivity contribution in [2.24, 2.45) is 0 Å². The lowest BCUT2D eigenvalue weighted by Crippen LogP contribution is -2.44. The van der Waals surface area contributed by atoms with Crippen molar-refractivity contribution < 1.29 is 13.6 Å². The van der Waals surface area contributed by atoms with E-state index in [9.17, 15) is 13.6 Å². The van der Waals surface area contributed by atoms with Gasteiger partial charge in [-0.2, -0.15) is 0 Å². The molecule has 0 aromatic heterocycles. The molecule has 6 heteroatoms. The Balaban J connectivity index is 0.00000225. The molecule has 1 aliphatic carbocycles. The van der Waals surface area contributed by atoms with Gasteiger partial charge in [0.15, 0.2) is 5.78 Å². The summed E-state index contributed by atoms with van der Waals surface area (Å²) in [6.45, 7) is 4.00. The van der Waals surface area contributed by atoms with E-state index in [0.29, 0.717) is 24.0 Å². The summed E-state index contributed by atoms with van der Waals surface area (Å²) >= 11 is 0. The molecule has 2 aromatic rings. The van der Waals surface area contributed by atoms with Gasteiger partial charge in [-0.15, -0.1) is 12.4 Å². The van der Waals surface area contributed by atoms with Crippen LogP contribution in [-0.4, -0.2) is 43.9 Å². The second-order valence-electron chi connectivity index (χ2n) is 7.27. The van der Waals surface area contributed by atoms with Gasteiger partial charge in [0.25, 0.3) is 0 Å². The van der Waals surface area contributed by atoms with Crippen molar-refractivity contribution in [2.75, 3.05) is 38.1 Å². The molecule has 2 aliphatic rings. The van der Waals surface area contributed by atoms with Gasteiger partial charge in [0.2, 0.25) is 0 Å². The van der Waals surface area contributed by atoms with Gasteiger partial charge in [-0.1, -0.05) is 6.07 Å². The van der Waals surface area contributed by atoms with Gasteiger partial charge in [0, 0.05) is 48.6 Å². The van der Waals surface area contributed by atoms with Crippen LogP contribution in [0.25, 0.3) is 6.08 Å². The van der Waals surface area contributed by atoms with E-state index in [-0.39, 0.29) is 23.8 Å². The van der Waals surface area contributed by atoms with Gasteiger partial charge in [-0.25, -0.2) is 8.78 Å². The zero-order valence-corrected chi connectivity index (χ0v) is 16.6. The van der Waals surface area contributed by atoms with E-state index in [0.717, 1.165) is 37.4 Å². The molecule has 0 spiro atoms. The molecule has 28 heavy (non-hydrogen) atoms. The standard InChI is InChI=1S/C22H22F2N2O.ClH/c1-25-9-11-26(12-10-25)17-7-8-18-15(13-17)5-6-16(22(18)27)14-19-20(23)3-2-4-21(19)24;/h2-4,7-8,13-14H,5-6,9-12H2,1H3;1H/b16-14+;. The fourth-order valence-corrected chi connectivity index (χ4v) is 3.79. The van der Waals surface area contributed by atoms with E-state index in [1.165, 1.54) is 24.3 Å². The van der Waals surface area contributed by atoms with Gasteiger partial charge < -0.3 is 9.80 Å². The quantitative estimate of drug-likeness (QED) is 0.695.